The molecule has 1 unspecified atom stereocenters. The maximum atomic E-state index is 13.9. The molecule has 0 fully saturated rings. The summed E-state index contributed by atoms with van der Waals surface area (Å²) in [5, 5.41) is 3.80. The molecule has 0 heterocycles. The first-order valence-electron chi connectivity index (χ1n) is 6.67. The van der Waals surface area contributed by atoms with Crippen LogP contribution in [-0.4, -0.2) is 12.3 Å². The van der Waals surface area contributed by atoms with Crippen LogP contribution in [0.5, 0.6) is 0 Å². The lowest BCUT2D eigenvalue weighted by molar-refractivity contribution is 0.500. The van der Waals surface area contributed by atoms with Gasteiger partial charge in [-0.1, -0.05) is 24.6 Å². The molecular formula is C16H16ClF2NS. The Hall–Kier alpha value is -1.10. The number of halogens is 3. The fourth-order valence-electron chi connectivity index (χ4n) is 2.04. The Morgan fingerprint density at radius 3 is 2.29 bits per heavy atom. The molecule has 0 aliphatic carbocycles. The Bertz CT molecular complexity index is 569. The predicted molar refractivity (Wildman–Crippen MR) is 85.0 cm³/mol. The number of hydrogen-bond acceptors (Lipinski definition) is 2. The average Bonchev–Trinajstić information content (AvgIpc) is 2.46. The summed E-state index contributed by atoms with van der Waals surface area (Å²) in [6.45, 7) is 2.55. The lowest BCUT2D eigenvalue weighted by Gasteiger charge is -2.19. The first-order valence-corrected chi connectivity index (χ1v) is 8.03. The second-order valence-electron chi connectivity index (χ2n) is 4.51. The molecule has 21 heavy (non-hydrogen) atoms. The average molecular weight is 328 g/mol. The summed E-state index contributed by atoms with van der Waals surface area (Å²) in [4.78, 5) is 1.01. The fraction of sp³-hybridized carbons (Fsp3) is 0.250. The van der Waals surface area contributed by atoms with Crippen molar-refractivity contribution in [3.05, 3.63) is 64.7 Å². The van der Waals surface area contributed by atoms with E-state index in [2.05, 4.69) is 5.32 Å². The third kappa shape index (κ3) is 4.43. The Labute approximate surface area is 132 Å². The predicted octanol–water partition coefficient (Wildman–Crippen LogP) is 5.06. The minimum Gasteiger partial charge on any atom is -0.309 e. The van der Waals surface area contributed by atoms with Crippen LogP contribution in [-0.2, 0) is 0 Å². The third-order valence-corrected chi connectivity index (χ3v) is 4.39. The Kier molecular flexibility index (Phi) is 6.03. The Balaban J connectivity index is 2.14. The van der Waals surface area contributed by atoms with Crippen LogP contribution in [0, 0.1) is 11.6 Å². The first-order chi connectivity index (χ1) is 10.1. The highest BCUT2D eigenvalue weighted by Gasteiger charge is 2.19. The minimum atomic E-state index is -0.516. The van der Waals surface area contributed by atoms with Crippen molar-refractivity contribution in [3.8, 4) is 0 Å². The maximum Gasteiger partial charge on any atom is 0.130 e. The molecule has 0 amide bonds. The molecule has 5 heteroatoms. The van der Waals surface area contributed by atoms with Gasteiger partial charge in [-0.05, 0) is 42.9 Å². The SMILES string of the molecule is CCNC(CSc1ccc(Cl)cc1)c1c(F)cccc1F. The van der Waals surface area contributed by atoms with Crippen LogP contribution in [0.15, 0.2) is 47.4 Å². The molecule has 2 aromatic rings. The first kappa shape index (κ1) is 16.3. The van der Waals surface area contributed by atoms with Gasteiger partial charge in [0.25, 0.3) is 0 Å². The van der Waals surface area contributed by atoms with Crippen molar-refractivity contribution in [2.24, 2.45) is 0 Å². The van der Waals surface area contributed by atoms with Crippen LogP contribution in [0.1, 0.15) is 18.5 Å². The number of benzene rings is 2. The Morgan fingerprint density at radius 1 is 1.10 bits per heavy atom. The summed E-state index contributed by atoms with van der Waals surface area (Å²) in [6, 6.07) is 11.0. The van der Waals surface area contributed by atoms with E-state index < -0.39 is 11.6 Å². The van der Waals surface area contributed by atoms with E-state index in [1.54, 1.807) is 12.1 Å². The molecular weight excluding hydrogens is 312 g/mol. The van der Waals surface area contributed by atoms with Crippen molar-refractivity contribution in [2.75, 3.05) is 12.3 Å². The summed E-state index contributed by atoms with van der Waals surface area (Å²) in [5.41, 5.74) is 0.0980. The van der Waals surface area contributed by atoms with Crippen LogP contribution < -0.4 is 5.32 Å². The van der Waals surface area contributed by atoms with E-state index in [0.717, 1.165) is 4.90 Å². The molecule has 0 radical (unpaired) electrons. The molecule has 0 aromatic heterocycles. The van der Waals surface area contributed by atoms with Gasteiger partial charge in [0.1, 0.15) is 11.6 Å². The van der Waals surface area contributed by atoms with E-state index in [-0.39, 0.29) is 11.6 Å². The minimum absolute atomic E-state index is 0.0980. The van der Waals surface area contributed by atoms with Crippen molar-refractivity contribution >= 4 is 23.4 Å². The molecule has 0 saturated heterocycles. The third-order valence-electron chi connectivity index (χ3n) is 3.03. The van der Waals surface area contributed by atoms with Crippen molar-refractivity contribution in [2.45, 2.75) is 17.9 Å². The van der Waals surface area contributed by atoms with Crippen molar-refractivity contribution < 1.29 is 8.78 Å². The molecule has 0 aliphatic rings. The zero-order valence-electron chi connectivity index (χ0n) is 11.6. The van der Waals surface area contributed by atoms with E-state index in [4.69, 9.17) is 11.6 Å². The monoisotopic (exact) mass is 327 g/mol. The largest absolute Gasteiger partial charge is 0.309 e. The highest BCUT2D eigenvalue weighted by molar-refractivity contribution is 7.99. The molecule has 0 saturated carbocycles. The Morgan fingerprint density at radius 2 is 1.71 bits per heavy atom. The normalized spacial score (nSPS) is 12.4. The van der Waals surface area contributed by atoms with Crippen molar-refractivity contribution in [3.63, 3.8) is 0 Å². The number of nitrogens with one attached hydrogen (secondary N) is 1. The fourth-order valence-corrected chi connectivity index (χ4v) is 3.14. The van der Waals surface area contributed by atoms with Crippen LogP contribution in [0.3, 0.4) is 0 Å². The number of thioether (sulfide) groups is 1. The molecule has 0 aliphatic heterocycles. The van der Waals surface area contributed by atoms with E-state index >= 15 is 0 Å². The lowest BCUT2D eigenvalue weighted by Crippen LogP contribution is -2.25. The molecule has 1 atom stereocenters. The van der Waals surface area contributed by atoms with Gasteiger partial charge in [-0.25, -0.2) is 8.78 Å². The zero-order valence-corrected chi connectivity index (χ0v) is 13.1. The zero-order chi connectivity index (χ0) is 15.2. The summed E-state index contributed by atoms with van der Waals surface area (Å²) >= 11 is 7.38. The van der Waals surface area contributed by atoms with E-state index in [9.17, 15) is 8.78 Å². The van der Waals surface area contributed by atoms with Crippen LogP contribution in [0.2, 0.25) is 5.02 Å². The van der Waals surface area contributed by atoms with E-state index in [0.29, 0.717) is 17.3 Å². The second kappa shape index (κ2) is 7.78. The van der Waals surface area contributed by atoms with Gasteiger partial charge < -0.3 is 5.32 Å². The molecule has 1 nitrogen and oxygen atoms in total. The molecule has 1 N–H and O–H groups in total. The van der Waals surface area contributed by atoms with Gasteiger partial charge in [0.2, 0.25) is 0 Å². The number of rotatable bonds is 6. The smallest absolute Gasteiger partial charge is 0.130 e. The summed E-state index contributed by atoms with van der Waals surface area (Å²) in [7, 11) is 0. The molecule has 0 bridgehead atoms. The second-order valence-corrected chi connectivity index (χ2v) is 6.04. The van der Waals surface area contributed by atoms with Gasteiger partial charge in [0.15, 0.2) is 0 Å². The van der Waals surface area contributed by atoms with E-state index in [1.165, 1.54) is 30.0 Å². The molecule has 2 aromatic carbocycles. The van der Waals surface area contributed by atoms with Crippen LogP contribution in [0.4, 0.5) is 8.78 Å². The van der Waals surface area contributed by atoms with Gasteiger partial charge in [0, 0.05) is 27.3 Å². The molecule has 112 valence electrons. The van der Waals surface area contributed by atoms with Gasteiger partial charge in [0.05, 0.1) is 0 Å². The lowest BCUT2D eigenvalue weighted by atomic mass is 10.1. The quantitative estimate of drug-likeness (QED) is 0.744. The van der Waals surface area contributed by atoms with Gasteiger partial charge in [-0.15, -0.1) is 11.8 Å². The van der Waals surface area contributed by atoms with Gasteiger partial charge in [-0.2, -0.15) is 0 Å². The number of hydrogen-bond donors (Lipinski definition) is 1. The van der Waals surface area contributed by atoms with Crippen LogP contribution >= 0.6 is 23.4 Å². The maximum absolute atomic E-state index is 13.9. The summed E-state index contributed by atoms with van der Waals surface area (Å²) in [5.74, 6) is -0.497. The van der Waals surface area contributed by atoms with Crippen molar-refractivity contribution in [1.82, 2.24) is 5.32 Å². The van der Waals surface area contributed by atoms with Crippen LogP contribution in [0.25, 0.3) is 0 Å². The molecule has 0 spiro atoms. The summed E-state index contributed by atoms with van der Waals surface area (Å²) in [6.07, 6.45) is 0. The van der Waals surface area contributed by atoms with Gasteiger partial charge in [-0.3, -0.25) is 0 Å². The highest BCUT2D eigenvalue weighted by atomic mass is 35.5. The standard InChI is InChI=1S/C16H16ClF2NS/c1-2-20-15(16-13(18)4-3-5-14(16)19)10-21-12-8-6-11(17)7-9-12/h3-9,15,20H,2,10H2,1H3. The van der Waals surface area contributed by atoms with Crippen molar-refractivity contribution in [1.29, 1.82) is 0 Å². The summed E-state index contributed by atoms with van der Waals surface area (Å²) < 4.78 is 27.8. The highest BCUT2D eigenvalue weighted by Crippen LogP contribution is 2.28. The van der Waals surface area contributed by atoms with E-state index in [1.807, 2.05) is 19.1 Å². The van der Waals surface area contributed by atoms with Gasteiger partial charge >= 0.3 is 0 Å². The molecule has 2 rings (SSSR count). The topological polar surface area (TPSA) is 12.0 Å².